The fraction of sp³-hybridized carbons (Fsp3) is 0.857. The van der Waals surface area contributed by atoms with Crippen LogP contribution in [0.4, 0.5) is 0 Å². The van der Waals surface area contributed by atoms with Crippen molar-refractivity contribution in [2.45, 2.75) is 53.2 Å². The van der Waals surface area contributed by atoms with E-state index in [0.29, 0.717) is 5.92 Å². The van der Waals surface area contributed by atoms with Crippen molar-refractivity contribution in [1.82, 2.24) is 0 Å². The van der Waals surface area contributed by atoms with E-state index in [0.717, 1.165) is 26.1 Å². The van der Waals surface area contributed by atoms with Crippen LogP contribution in [0.2, 0.25) is 0 Å². The van der Waals surface area contributed by atoms with Gasteiger partial charge in [0.1, 0.15) is 0 Å². The number of rotatable bonds is 4. The summed E-state index contributed by atoms with van der Waals surface area (Å²) in [6.07, 6.45) is 1.82. The Bertz CT molecular complexity index is 245. The molecular weight excluding hydrogens is 200 g/mol. The number of hydrogen-bond donors (Lipinski definition) is 0. The molecule has 94 valence electrons. The highest BCUT2D eigenvalue weighted by Gasteiger charge is 2.40. The summed E-state index contributed by atoms with van der Waals surface area (Å²) in [6, 6.07) is 0. The Morgan fingerprint density at radius 1 is 1.31 bits per heavy atom. The monoisotopic (exact) mass is 226 g/mol. The molecule has 1 rings (SSSR count). The van der Waals surface area contributed by atoms with Crippen molar-refractivity contribution >= 4 is 0 Å². The summed E-state index contributed by atoms with van der Waals surface area (Å²) in [7, 11) is 0. The van der Waals surface area contributed by atoms with E-state index in [9.17, 15) is 0 Å². The van der Waals surface area contributed by atoms with Crippen molar-refractivity contribution in [3.63, 3.8) is 0 Å². The van der Waals surface area contributed by atoms with Crippen molar-refractivity contribution in [2.75, 3.05) is 13.2 Å². The van der Waals surface area contributed by atoms with Crippen molar-refractivity contribution in [3.05, 3.63) is 12.2 Å². The standard InChI is InChI=1S/C14H26O2/c1-7-14(8-12(4)11(2)3)15-9-13(5,6)10-16-14/h12H,2,7-10H2,1,3-6H3. The van der Waals surface area contributed by atoms with Crippen molar-refractivity contribution in [3.8, 4) is 0 Å². The highest BCUT2D eigenvalue weighted by Crippen LogP contribution is 2.36. The number of hydrogen-bond acceptors (Lipinski definition) is 2. The molecule has 0 radical (unpaired) electrons. The third-order valence-electron chi connectivity index (χ3n) is 3.45. The van der Waals surface area contributed by atoms with Crippen LogP contribution < -0.4 is 0 Å². The van der Waals surface area contributed by atoms with Crippen molar-refractivity contribution < 1.29 is 9.47 Å². The Hall–Kier alpha value is -0.340. The number of allylic oxidation sites excluding steroid dienone is 1. The molecule has 1 aliphatic heterocycles. The minimum absolute atomic E-state index is 0.144. The van der Waals surface area contributed by atoms with Crippen LogP contribution in [-0.2, 0) is 9.47 Å². The van der Waals surface area contributed by atoms with Crippen molar-refractivity contribution in [1.29, 1.82) is 0 Å². The van der Waals surface area contributed by atoms with E-state index in [-0.39, 0.29) is 11.2 Å². The molecule has 0 bridgehead atoms. The zero-order chi connectivity index (χ0) is 12.4. The van der Waals surface area contributed by atoms with Crippen LogP contribution in [-0.4, -0.2) is 19.0 Å². The lowest BCUT2D eigenvalue weighted by Gasteiger charge is -2.44. The van der Waals surface area contributed by atoms with Gasteiger partial charge in [0, 0.05) is 11.8 Å². The molecule has 1 unspecified atom stereocenters. The van der Waals surface area contributed by atoms with Gasteiger partial charge in [0.15, 0.2) is 5.79 Å². The molecule has 0 N–H and O–H groups in total. The predicted molar refractivity (Wildman–Crippen MR) is 67.3 cm³/mol. The Kier molecular flexibility index (Phi) is 4.19. The molecule has 0 aromatic heterocycles. The van der Waals surface area contributed by atoms with Gasteiger partial charge in [-0.2, -0.15) is 0 Å². The first-order valence-corrected chi connectivity index (χ1v) is 6.23. The van der Waals surface area contributed by atoms with Crippen LogP contribution in [0.5, 0.6) is 0 Å². The maximum atomic E-state index is 5.99. The second-order valence-electron chi connectivity index (χ2n) is 5.96. The fourth-order valence-corrected chi connectivity index (χ4v) is 1.84. The predicted octanol–water partition coefficient (Wildman–Crippen LogP) is 3.77. The first-order valence-electron chi connectivity index (χ1n) is 6.23. The Labute approximate surface area is 100 Å². The van der Waals surface area contributed by atoms with Gasteiger partial charge in [0.2, 0.25) is 0 Å². The van der Waals surface area contributed by atoms with E-state index in [1.165, 1.54) is 5.57 Å². The highest BCUT2D eigenvalue weighted by molar-refractivity contribution is 4.96. The number of ether oxygens (including phenoxy) is 2. The molecule has 1 aliphatic rings. The van der Waals surface area contributed by atoms with Gasteiger partial charge in [-0.25, -0.2) is 0 Å². The van der Waals surface area contributed by atoms with Crippen LogP contribution in [0.25, 0.3) is 0 Å². The Morgan fingerprint density at radius 3 is 2.19 bits per heavy atom. The first-order chi connectivity index (χ1) is 7.30. The zero-order valence-electron chi connectivity index (χ0n) is 11.4. The van der Waals surface area contributed by atoms with Crippen LogP contribution in [0.15, 0.2) is 12.2 Å². The summed E-state index contributed by atoms with van der Waals surface area (Å²) in [6.45, 7) is 16.3. The summed E-state index contributed by atoms with van der Waals surface area (Å²) in [5, 5.41) is 0. The van der Waals surface area contributed by atoms with Gasteiger partial charge in [-0.15, -0.1) is 0 Å². The highest BCUT2D eigenvalue weighted by atomic mass is 16.7. The maximum absolute atomic E-state index is 5.99. The van der Waals surface area contributed by atoms with Gasteiger partial charge in [0.25, 0.3) is 0 Å². The van der Waals surface area contributed by atoms with Crippen LogP contribution in [0.3, 0.4) is 0 Å². The summed E-state index contributed by atoms with van der Waals surface area (Å²) >= 11 is 0. The molecule has 16 heavy (non-hydrogen) atoms. The average molecular weight is 226 g/mol. The van der Waals surface area contributed by atoms with E-state index in [4.69, 9.17) is 9.47 Å². The third-order valence-corrected chi connectivity index (χ3v) is 3.45. The second kappa shape index (κ2) is 4.89. The van der Waals surface area contributed by atoms with Crippen molar-refractivity contribution in [2.24, 2.45) is 11.3 Å². The minimum Gasteiger partial charge on any atom is -0.349 e. The van der Waals surface area contributed by atoms with E-state index in [1.807, 2.05) is 0 Å². The first kappa shape index (κ1) is 13.7. The molecule has 2 heteroatoms. The quantitative estimate of drug-likeness (QED) is 0.679. The molecule has 0 amide bonds. The molecule has 0 aromatic rings. The molecule has 1 atom stereocenters. The fourth-order valence-electron chi connectivity index (χ4n) is 1.84. The van der Waals surface area contributed by atoms with Gasteiger partial charge in [0.05, 0.1) is 13.2 Å². The summed E-state index contributed by atoms with van der Waals surface area (Å²) < 4.78 is 12.0. The second-order valence-corrected chi connectivity index (χ2v) is 5.96. The minimum atomic E-state index is -0.381. The summed E-state index contributed by atoms with van der Waals surface area (Å²) in [5.74, 6) is 0.0645. The molecular formula is C14H26O2. The normalized spacial score (nSPS) is 25.1. The molecule has 0 saturated carbocycles. The van der Waals surface area contributed by atoms with Gasteiger partial charge in [-0.1, -0.05) is 39.8 Å². The van der Waals surface area contributed by atoms with Gasteiger partial charge >= 0.3 is 0 Å². The van der Waals surface area contributed by atoms with Gasteiger partial charge in [-0.3, -0.25) is 0 Å². The van der Waals surface area contributed by atoms with Crippen LogP contribution in [0.1, 0.15) is 47.5 Å². The smallest absolute Gasteiger partial charge is 0.168 e. The van der Waals surface area contributed by atoms with Crippen LogP contribution in [0, 0.1) is 11.3 Å². The summed E-state index contributed by atoms with van der Waals surface area (Å²) in [5.41, 5.74) is 1.34. The molecule has 1 heterocycles. The lowest BCUT2D eigenvalue weighted by molar-refractivity contribution is -0.305. The Balaban J connectivity index is 2.63. The molecule has 0 aromatic carbocycles. The largest absolute Gasteiger partial charge is 0.349 e. The topological polar surface area (TPSA) is 18.5 Å². The lowest BCUT2D eigenvalue weighted by Crippen LogP contribution is -2.48. The van der Waals surface area contributed by atoms with Crippen LogP contribution >= 0.6 is 0 Å². The SMILES string of the molecule is C=C(C)C(C)CC1(CC)OCC(C)(C)CO1. The van der Waals surface area contributed by atoms with E-state index < -0.39 is 0 Å². The maximum Gasteiger partial charge on any atom is 0.168 e. The van der Waals surface area contributed by atoms with E-state index >= 15 is 0 Å². The van der Waals surface area contributed by atoms with E-state index in [1.54, 1.807) is 0 Å². The molecule has 1 fully saturated rings. The summed E-state index contributed by atoms with van der Waals surface area (Å²) in [4.78, 5) is 0. The van der Waals surface area contributed by atoms with E-state index in [2.05, 4.69) is 41.2 Å². The molecule has 1 saturated heterocycles. The van der Waals surface area contributed by atoms with Gasteiger partial charge in [-0.05, 0) is 19.3 Å². The molecule has 2 nitrogen and oxygen atoms in total. The Morgan fingerprint density at radius 2 is 1.81 bits per heavy atom. The zero-order valence-corrected chi connectivity index (χ0v) is 11.4. The molecule has 0 spiro atoms. The van der Waals surface area contributed by atoms with Gasteiger partial charge < -0.3 is 9.47 Å². The third kappa shape index (κ3) is 3.33. The lowest BCUT2D eigenvalue weighted by atomic mass is 9.90. The molecule has 0 aliphatic carbocycles. The average Bonchev–Trinajstić information content (AvgIpc) is 2.21.